The normalized spacial score (nSPS) is 26.3. The second-order valence-electron chi connectivity index (χ2n) is 5.15. The number of fused-ring (bicyclic) bond motifs is 1. The Morgan fingerprint density at radius 1 is 1.28 bits per heavy atom. The maximum atomic E-state index is 11.9. The Bertz CT molecular complexity index is 595. The van der Waals surface area contributed by atoms with Crippen LogP contribution in [0.4, 0.5) is 0 Å². The zero-order valence-electron chi connectivity index (χ0n) is 9.99. The minimum absolute atomic E-state index is 0.0353. The van der Waals surface area contributed by atoms with Crippen LogP contribution in [-0.2, 0) is 11.2 Å². The standard InChI is InChI=1S/C13H13NO4/c1-6-2-7(3-6)8-4-11(16)18-9-5-10(15)14-13(17)12(8)9/h4,6-7H,2-3,5H2,1H3,(H,14,15,17). The van der Waals surface area contributed by atoms with Crippen molar-refractivity contribution in [3.63, 3.8) is 0 Å². The Morgan fingerprint density at radius 2 is 2.00 bits per heavy atom. The highest BCUT2D eigenvalue weighted by molar-refractivity contribution is 6.10. The first kappa shape index (κ1) is 11.2. The number of carbonyl (C=O) groups excluding carboxylic acids is 2. The van der Waals surface area contributed by atoms with Crippen LogP contribution in [0, 0.1) is 5.92 Å². The van der Waals surface area contributed by atoms with Crippen molar-refractivity contribution in [2.45, 2.75) is 32.1 Å². The summed E-state index contributed by atoms with van der Waals surface area (Å²) in [5, 5.41) is 2.27. The van der Waals surface area contributed by atoms with Gasteiger partial charge in [0.1, 0.15) is 5.76 Å². The first-order valence-electron chi connectivity index (χ1n) is 6.05. The molecular formula is C13H13NO4. The molecule has 0 radical (unpaired) electrons. The molecular weight excluding hydrogens is 234 g/mol. The molecule has 0 bridgehead atoms. The van der Waals surface area contributed by atoms with Crippen molar-refractivity contribution in [3.8, 4) is 0 Å². The summed E-state index contributed by atoms with van der Waals surface area (Å²) in [5.41, 5.74) is 0.654. The van der Waals surface area contributed by atoms with Crippen LogP contribution in [0.2, 0.25) is 0 Å². The highest BCUT2D eigenvalue weighted by Gasteiger charge is 2.35. The predicted octanol–water partition coefficient (Wildman–Crippen LogP) is 0.966. The van der Waals surface area contributed by atoms with Crippen molar-refractivity contribution < 1.29 is 14.0 Å². The summed E-state index contributed by atoms with van der Waals surface area (Å²) in [6.07, 6.45) is 1.90. The Kier molecular flexibility index (Phi) is 2.36. The van der Waals surface area contributed by atoms with Gasteiger partial charge >= 0.3 is 5.63 Å². The van der Waals surface area contributed by atoms with Crippen LogP contribution in [0.1, 0.15) is 47.4 Å². The average Bonchev–Trinajstić information content (AvgIpc) is 2.22. The van der Waals surface area contributed by atoms with E-state index >= 15 is 0 Å². The second-order valence-corrected chi connectivity index (χ2v) is 5.15. The number of imide groups is 1. The quantitative estimate of drug-likeness (QED) is 0.750. The third kappa shape index (κ3) is 1.66. The van der Waals surface area contributed by atoms with Crippen LogP contribution in [0.5, 0.6) is 0 Å². The molecule has 5 heteroatoms. The van der Waals surface area contributed by atoms with Gasteiger partial charge in [0, 0.05) is 6.07 Å². The van der Waals surface area contributed by atoms with Crippen LogP contribution in [0.25, 0.3) is 0 Å². The summed E-state index contributed by atoms with van der Waals surface area (Å²) >= 11 is 0. The second kappa shape index (κ2) is 3.80. The van der Waals surface area contributed by atoms with Gasteiger partial charge in [-0.15, -0.1) is 0 Å². The SMILES string of the molecule is CC1CC(c2cc(=O)oc3c2C(=O)NC(=O)C3)C1. The smallest absolute Gasteiger partial charge is 0.336 e. The van der Waals surface area contributed by atoms with Gasteiger partial charge in [-0.2, -0.15) is 0 Å². The predicted molar refractivity (Wildman–Crippen MR) is 62.3 cm³/mol. The molecule has 2 aliphatic rings. The molecule has 2 amide bonds. The molecule has 1 aliphatic carbocycles. The van der Waals surface area contributed by atoms with Gasteiger partial charge in [-0.25, -0.2) is 4.79 Å². The van der Waals surface area contributed by atoms with Gasteiger partial charge in [0.2, 0.25) is 5.91 Å². The zero-order chi connectivity index (χ0) is 12.9. The lowest BCUT2D eigenvalue weighted by Gasteiger charge is -2.34. The molecule has 0 spiro atoms. The molecule has 1 aliphatic heterocycles. The van der Waals surface area contributed by atoms with Gasteiger partial charge in [0.15, 0.2) is 0 Å². The lowest BCUT2D eigenvalue weighted by Crippen LogP contribution is -2.39. The number of hydrogen-bond donors (Lipinski definition) is 1. The minimum atomic E-state index is -0.481. The average molecular weight is 247 g/mol. The number of hydrogen-bond acceptors (Lipinski definition) is 4. The van der Waals surface area contributed by atoms with E-state index < -0.39 is 17.4 Å². The van der Waals surface area contributed by atoms with E-state index in [1.807, 2.05) is 0 Å². The molecule has 0 aromatic carbocycles. The molecule has 18 heavy (non-hydrogen) atoms. The van der Waals surface area contributed by atoms with Crippen molar-refractivity contribution in [1.82, 2.24) is 5.32 Å². The molecule has 0 saturated heterocycles. The van der Waals surface area contributed by atoms with Gasteiger partial charge < -0.3 is 4.42 Å². The van der Waals surface area contributed by atoms with E-state index in [0.29, 0.717) is 11.5 Å². The van der Waals surface area contributed by atoms with Crippen LogP contribution in [0.15, 0.2) is 15.3 Å². The number of carbonyl (C=O) groups is 2. The molecule has 94 valence electrons. The molecule has 1 aromatic rings. The van der Waals surface area contributed by atoms with Crippen LogP contribution < -0.4 is 10.9 Å². The Labute approximate surface area is 103 Å². The summed E-state index contributed by atoms with van der Waals surface area (Å²) in [7, 11) is 0. The van der Waals surface area contributed by atoms with Crippen molar-refractivity contribution >= 4 is 11.8 Å². The van der Waals surface area contributed by atoms with Gasteiger partial charge in [0.05, 0.1) is 12.0 Å². The van der Waals surface area contributed by atoms with Crippen molar-refractivity contribution in [3.05, 3.63) is 33.4 Å². The van der Waals surface area contributed by atoms with Gasteiger partial charge in [-0.05, 0) is 30.2 Å². The molecule has 1 N–H and O–H groups in total. The van der Waals surface area contributed by atoms with Crippen LogP contribution >= 0.6 is 0 Å². The van der Waals surface area contributed by atoms with Crippen LogP contribution in [-0.4, -0.2) is 11.8 Å². The number of rotatable bonds is 1. The maximum Gasteiger partial charge on any atom is 0.336 e. The Balaban J connectivity index is 2.12. The van der Waals surface area contributed by atoms with Crippen molar-refractivity contribution in [2.75, 3.05) is 0 Å². The van der Waals surface area contributed by atoms with E-state index in [1.54, 1.807) is 0 Å². The van der Waals surface area contributed by atoms with Gasteiger partial charge in [0.25, 0.3) is 5.91 Å². The van der Waals surface area contributed by atoms with Gasteiger partial charge in [-0.1, -0.05) is 6.92 Å². The maximum absolute atomic E-state index is 11.9. The molecule has 5 nitrogen and oxygen atoms in total. The van der Waals surface area contributed by atoms with E-state index in [-0.39, 0.29) is 18.1 Å². The summed E-state index contributed by atoms with van der Waals surface area (Å²) in [6, 6.07) is 1.39. The van der Waals surface area contributed by atoms with Gasteiger partial charge in [-0.3, -0.25) is 14.9 Å². The molecule has 0 unspecified atom stereocenters. The summed E-state index contributed by atoms with van der Waals surface area (Å²) in [4.78, 5) is 34.6. The molecule has 0 atom stereocenters. The van der Waals surface area contributed by atoms with E-state index in [1.165, 1.54) is 6.07 Å². The topological polar surface area (TPSA) is 76.4 Å². The van der Waals surface area contributed by atoms with Crippen molar-refractivity contribution in [1.29, 1.82) is 0 Å². The first-order chi connectivity index (χ1) is 8.54. The van der Waals surface area contributed by atoms with Crippen LogP contribution in [0.3, 0.4) is 0 Å². The highest BCUT2D eigenvalue weighted by atomic mass is 16.4. The first-order valence-corrected chi connectivity index (χ1v) is 6.05. The number of amides is 2. The summed E-state index contributed by atoms with van der Waals surface area (Å²) in [5.74, 6) is 0.197. The highest BCUT2D eigenvalue weighted by Crippen LogP contribution is 2.42. The monoisotopic (exact) mass is 247 g/mol. The van der Waals surface area contributed by atoms with Crippen molar-refractivity contribution in [2.24, 2.45) is 5.92 Å². The summed E-state index contributed by atoms with van der Waals surface area (Å²) < 4.78 is 4.99. The molecule has 2 heterocycles. The van der Waals surface area contributed by atoms with E-state index in [2.05, 4.69) is 12.2 Å². The third-order valence-corrected chi connectivity index (χ3v) is 3.68. The van der Waals surface area contributed by atoms with E-state index in [4.69, 9.17) is 4.42 Å². The lowest BCUT2D eigenvalue weighted by molar-refractivity contribution is -0.120. The fourth-order valence-corrected chi connectivity index (χ4v) is 2.80. The fourth-order valence-electron chi connectivity index (χ4n) is 2.80. The largest absolute Gasteiger partial charge is 0.426 e. The minimum Gasteiger partial charge on any atom is -0.426 e. The molecule has 1 fully saturated rings. The fraction of sp³-hybridized carbons (Fsp3) is 0.462. The third-order valence-electron chi connectivity index (χ3n) is 3.68. The lowest BCUT2D eigenvalue weighted by atomic mass is 9.71. The molecule has 1 saturated carbocycles. The summed E-state index contributed by atoms with van der Waals surface area (Å²) in [6.45, 7) is 2.14. The molecule has 3 rings (SSSR count). The molecule has 1 aromatic heterocycles. The van der Waals surface area contributed by atoms with E-state index in [0.717, 1.165) is 18.4 Å². The number of nitrogens with one attached hydrogen (secondary N) is 1. The Hall–Kier alpha value is -1.91. The Morgan fingerprint density at radius 3 is 2.67 bits per heavy atom. The van der Waals surface area contributed by atoms with E-state index in [9.17, 15) is 14.4 Å². The zero-order valence-corrected chi connectivity index (χ0v) is 9.99.